The van der Waals surface area contributed by atoms with E-state index in [0.29, 0.717) is 12.5 Å². The van der Waals surface area contributed by atoms with Gasteiger partial charge in [-0.1, -0.05) is 24.3 Å². The van der Waals surface area contributed by atoms with Crippen molar-refractivity contribution >= 4 is 5.96 Å². The van der Waals surface area contributed by atoms with Crippen LogP contribution in [0.5, 0.6) is 0 Å². The third-order valence-electron chi connectivity index (χ3n) is 4.59. The summed E-state index contributed by atoms with van der Waals surface area (Å²) in [5.74, 6) is 2.32. The molecule has 0 bridgehead atoms. The van der Waals surface area contributed by atoms with E-state index >= 15 is 0 Å². The van der Waals surface area contributed by atoms with Gasteiger partial charge in [-0.15, -0.1) is 0 Å². The van der Waals surface area contributed by atoms with Crippen molar-refractivity contribution < 1.29 is 0 Å². The summed E-state index contributed by atoms with van der Waals surface area (Å²) in [6, 6.07) is 10.6. The van der Waals surface area contributed by atoms with Crippen molar-refractivity contribution in [1.29, 1.82) is 0 Å². The summed E-state index contributed by atoms with van der Waals surface area (Å²) in [6.07, 6.45) is 2.96. The van der Waals surface area contributed by atoms with Gasteiger partial charge in [0.25, 0.3) is 0 Å². The van der Waals surface area contributed by atoms with Gasteiger partial charge in [0.15, 0.2) is 5.96 Å². The number of hydrogen-bond donors (Lipinski definition) is 1. The molecule has 1 fully saturated rings. The quantitative estimate of drug-likeness (QED) is 0.697. The maximum absolute atomic E-state index is 4.45. The number of aromatic nitrogens is 2. The summed E-state index contributed by atoms with van der Waals surface area (Å²) in [6.45, 7) is 6.81. The molecule has 0 radical (unpaired) electrons. The number of guanidine groups is 1. The summed E-state index contributed by atoms with van der Waals surface area (Å²) in [7, 11) is 1.84. The fraction of sp³-hybridized carbons (Fsp3) is 0.421. The van der Waals surface area contributed by atoms with Gasteiger partial charge >= 0.3 is 0 Å². The molecule has 1 aliphatic heterocycles. The minimum absolute atomic E-state index is 0.575. The molecule has 1 atom stereocenters. The smallest absolute Gasteiger partial charge is 0.193 e. The van der Waals surface area contributed by atoms with E-state index in [-0.39, 0.29) is 0 Å². The van der Waals surface area contributed by atoms with Crippen LogP contribution in [0.2, 0.25) is 0 Å². The molecule has 1 unspecified atom stereocenters. The molecule has 3 rings (SSSR count). The highest BCUT2D eigenvalue weighted by molar-refractivity contribution is 5.80. The Balaban J connectivity index is 1.62. The molecular formula is C19H25N5. The second-order valence-corrected chi connectivity index (χ2v) is 6.28. The normalized spacial score (nSPS) is 18.0. The van der Waals surface area contributed by atoms with Gasteiger partial charge in [0, 0.05) is 32.3 Å². The minimum Gasteiger partial charge on any atom is -0.351 e. The molecule has 5 nitrogen and oxygen atoms in total. The Morgan fingerprint density at radius 1 is 1.29 bits per heavy atom. The van der Waals surface area contributed by atoms with Crippen LogP contribution in [0.3, 0.4) is 0 Å². The lowest BCUT2D eigenvalue weighted by Gasteiger charge is -2.22. The molecule has 0 saturated carbocycles. The standard InChI is InChI=1S/C19H25N5/c1-14-6-4-5-7-18(14)16-9-11-24(13-16)19(20-3)22-12-17-8-10-21-15(2)23-17/h4-8,10,16H,9,11-13H2,1-3H3,(H,20,22). The first-order valence-electron chi connectivity index (χ1n) is 8.47. The first-order valence-corrected chi connectivity index (χ1v) is 8.47. The van der Waals surface area contributed by atoms with E-state index in [1.807, 2.05) is 20.0 Å². The molecule has 1 aliphatic rings. The highest BCUT2D eigenvalue weighted by Gasteiger charge is 2.26. The number of aryl methyl sites for hydroxylation is 2. The third-order valence-corrected chi connectivity index (χ3v) is 4.59. The summed E-state index contributed by atoms with van der Waals surface area (Å²) >= 11 is 0. The molecule has 0 aliphatic carbocycles. The van der Waals surface area contributed by atoms with Crippen molar-refractivity contribution in [2.75, 3.05) is 20.1 Å². The molecule has 0 spiro atoms. The number of nitrogens with one attached hydrogen (secondary N) is 1. The highest BCUT2D eigenvalue weighted by Crippen LogP contribution is 2.29. The Morgan fingerprint density at radius 2 is 2.12 bits per heavy atom. The van der Waals surface area contributed by atoms with Crippen molar-refractivity contribution in [2.24, 2.45) is 4.99 Å². The fourth-order valence-electron chi connectivity index (χ4n) is 3.36. The van der Waals surface area contributed by atoms with Crippen LogP contribution in [0, 0.1) is 13.8 Å². The van der Waals surface area contributed by atoms with E-state index in [1.54, 1.807) is 6.20 Å². The summed E-state index contributed by atoms with van der Waals surface area (Å²) < 4.78 is 0. The van der Waals surface area contributed by atoms with Gasteiger partial charge in [0.05, 0.1) is 12.2 Å². The van der Waals surface area contributed by atoms with E-state index < -0.39 is 0 Å². The number of hydrogen-bond acceptors (Lipinski definition) is 3. The molecule has 126 valence electrons. The van der Waals surface area contributed by atoms with Gasteiger partial charge in [-0.3, -0.25) is 4.99 Å². The molecule has 1 aromatic carbocycles. The molecule has 24 heavy (non-hydrogen) atoms. The van der Waals surface area contributed by atoms with Crippen LogP contribution in [-0.4, -0.2) is 41.0 Å². The molecule has 1 aromatic heterocycles. The minimum atomic E-state index is 0.575. The Hall–Kier alpha value is -2.43. The molecule has 5 heteroatoms. The van der Waals surface area contributed by atoms with Gasteiger partial charge in [-0.2, -0.15) is 0 Å². The van der Waals surface area contributed by atoms with Crippen LogP contribution in [0.25, 0.3) is 0 Å². The molecule has 0 amide bonds. The predicted molar refractivity (Wildman–Crippen MR) is 97.1 cm³/mol. The Kier molecular flexibility index (Phi) is 5.08. The maximum atomic E-state index is 4.45. The van der Waals surface area contributed by atoms with Gasteiger partial charge in [-0.05, 0) is 37.5 Å². The molecular weight excluding hydrogens is 298 g/mol. The molecule has 1 saturated heterocycles. The van der Waals surface area contributed by atoms with Crippen molar-refractivity contribution in [3.63, 3.8) is 0 Å². The average molecular weight is 323 g/mol. The predicted octanol–water partition coefficient (Wildman–Crippen LogP) is 2.66. The summed E-state index contributed by atoms with van der Waals surface area (Å²) in [4.78, 5) is 15.4. The highest BCUT2D eigenvalue weighted by atomic mass is 15.3. The zero-order valence-electron chi connectivity index (χ0n) is 14.7. The van der Waals surface area contributed by atoms with Crippen molar-refractivity contribution in [3.05, 3.63) is 59.2 Å². The van der Waals surface area contributed by atoms with E-state index in [4.69, 9.17) is 0 Å². The number of benzene rings is 1. The fourth-order valence-corrected chi connectivity index (χ4v) is 3.36. The Bertz CT molecular complexity index is 725. The lowest BCUT2D eigenvalue weighted by molar-refractivity contribution is 0.485. The first-order chi connectivity index (χ1) is 11.7. The molecule has 2 heterocycles. The van der Waals surface area contributed by atoms with Crippen LogP contribution in [-0.2, 0) is 6.54 Å². The maximum Gasteiger partial charge on any atom is 0.193 e. The number of rotatable bonds is 3. The van der Waals surface area contributed by atoms with Gasteiger partial charge < -0.3 is 10.2 Å². The van der Waals surface area contributed by atoms with Crippen LogP contribution in [0.15, 0.2) is 41.5 Å². The monoisotopic (exact) mass is 323 g/mol. The number of likely N-dealkylation sites (tertiary alicyclic amines) is 1. The lowest BCUT2D eigenvalue weighted by Crippen LogP contribution is -2.39. The van der Waals surface area contributed by atoms with Crippen molar-refractivity contribution in [1.82, 2.24) is 20.2 Å². The second kappa shape index (κ2) is 7.43. The van der Waals surface area contributed by atoms with Gasteiger partial charge in [-0.25, -0.2) is 9.97 Å². The van der Waals surface area contributed by atoms with Crippen molar-refractivity contribution in [2.45, 2.75) is 32.7 Å². The SMILES string of the molecule is CN=C(NCc1ccnc(C)n1)N1CCC(c2ccccc2C)C1. The second-order valence-electron chi connectivity index (χ2n) is 6.28. The zero-order valence-corrected chi connectivity index (χ0v) is 14.7. The third kappa shape index (κ3) is 3.72. The van der Waals surface area contributed by atoms with E-state index in [2.05, 4.69) is 56.4 Å². The van der Waals surface area contributed by atoms with Crippen LogP contribution < -0.4 is 5.32 Å². The Labute approximate surface area is 143 Å². The number of aliphatic imine (C=N–C) groups is 1. The van der Waals surface area contributed by atoms with Crippen molar-refractivity contribution in [3.8, 4) is 0 Å². The lowest BCUT2D eigenvalue weighted by atomic mass is 9.94. The topological polar surface area (TPSA) is 53.4 Å². The van der Waals surface area contributed by atoms with E-state index in [1.165, 1.54) is 11.1 Å². The van der Waals surface area contributed by atoms with E-state index in [9.17, 15) is 0 Å². The van der Waals surface area contributed by atoms with Crippen LogP contribution in [0.4, 0.5) is 0 Å². The Morgan fingerprint density at radius 3 is 2.88 bits per heavy atom. The van der Waals surface area contributed by atoms with Gasteiger partial charge in [0.1, 0.15) is 5.82 Å². The zero-order chi connectivity index (χ0) is 16.9. The number of nitrogens with zero attached hydrogens (tertiary/aromatic N) is 4. The average Bonchev–Trinajstić information content (AvgIpc) is 3.05. The summed E-state index contributed by atoms with van der Waals surface area (Å²) in [5, 5.41) is 3.43. The van der Waals surface area contributed by atoms with Gasteiger partial charge in [0.2, 0.25) is 0 Å². The summed E-state index contributed by atoms with van der Waals surface area (Å²) in [5.41, 5.74) is 3.82. The molecule has 1 N–H and O–H groups in total. The molecule has 2 aromatic rings. The van der Waals surface area contributed by atoms with Crippen LogP contribution >= 0.6 is 0 Å². The largest absolute Gasteiger partial charge is 0.351 e. The van der Waals surface area contributed by atoms with Crippen LogP contribution in [0.1, 0.15) is 35.0 Å². The van der Waals surface area contributed by atoms with E-state index in [0.717, 1.165) is 37.0 Å². The first kappa shape index (κ1) is 16.4.